The van der Waals surface area contributed by atoms with Gasteiger partial charge >= 0.3 is 6.03 Å². The fraction of sp³-hybridized carbons (Fsp3) is 0.261. The van der Waals surface area contributed by atoms with Crippen LogP contribution in [0.5, 0.6) is 0 Å². The lowest BCUT2D eigenvalue weighted by atomic mass is 10.1. The van der Waals surface area contributed by atoms with Crippen molar-refractivity contribution in [2.75, 3.05) is 13.7 Å². The van der Waals surface area contributed by atoms with Crippen LogP contribution in [0.1, 0.15) is 28.5 Å². The number of aliphatic hydroxyl groups excluding tert-OH is 1. The number of rotatable bonds is 9. The molecular formula is C23H27N3O3. The molecule has 0 aliphatic rings. The maximum Gasteiger partial charge on any atom is 0.315 e. The summed E-state index contributed by atoms with van der Waals surface area (Å²) in [6.45, 7) is 1.70. The van der Waals surface area contributed by atoms with Crippen LogP contribution >= 0.6 is 0 Å². The summed E-state index contributed by atoms with van der Waals surface area (Å²) in [4.78, 5) is 14.5. The predicted octanol–water partition coefficient (Wildman–Crippen LogP) is 3.44. The third-order valence-corrected chi connectivity index (χ3v) is 4.69. The van der Waals surface area contributed by atoms with Crippen molar-refractivity contribution in [3.8, 4) is 0 Å². The van der Waals surface area contributed by atoms with Gasteiger partial charge < -0.3 is 20.2 Å². The standard InChI is InChI=1S/C23H27N3O3/c1-26(16-21-12-7-13-29-21)15-20-11-6-5-10-19(20)14-24-23(28)25-22(17-27)18-8-3-2-4-9-18/h2-13,22,27H,14-17H2,1H3,(H2,24,25,28). The lowest BCUT2D eigenvalue weighted by molar-refractivity contribution is 0.216. The highest BCUT2D eigenvalue weighted by Gasteiger charge is 2.14. The molecule has 29 heavy (non-hydrogen) atoms. The third-order valence-electron chi connectivity index (χ3n) is 4.69. The number of carbonyl (C=O) groups excluding carboxylic acids is 1. The molecule has 1 aromatic heterocycles. The Labute approximate surface area is 171 Å². The molecule has 2 aromatic carbocycles. The van der Waals surface area contributed by atoms with Gasteiger partial charge in [-0.25, -0.2) is 4.79 Å². The molecule has 152 valence electrons. The van der Waals surface area contributed by atoms with Crippen LogP contribution in [-0.2, 0) is 19.6 Å². The van der Waals surface area contributed by atoms with Crippen LogP contribution in [0.15, 0.2) is 77.4 Å². The average molecular weight is 393 g/mol. The van der Waals surface area contributed by atoms with Crippen LogP contribution < -0.4 is 10.6 Å². The molecule has 0 aliphatic heterocycles. The van der Waals surface area contributed by atoms with Gasteiger partial charge in [-0.05, 0) is 35.9 Å². The van der Waals surface area contributed by atoms with Crippen LogP contribution in [0, 0.1) is 0 Å². The largest absolute Gasteiger partial charge is 0.468 e. The first-order chi connectivity index (χ1) is 14.2. The number of hydrogen-bond donors (Lipinski definition) is 3. The zero-order valence-electron chi connectivity index (χ0n) is 16.5. The van der Waals surface area contributed by atoms with Crippen LogP contribution in [0.3, 0.4) is 0 Å². The summed E-state index contributed by atoms with van der Waals surface area (Å²) in [5, 5.41) is 15.3. The Bertz CT molecular complexity index is 881. The van der Waals surface area contributed by atoms with Crippen molar-refractivity contribution in [2.24, 2.45) is 0 Å². The maximum absolute atomic E-state index is 12.3. The van der Waals surface area contributed by atoms with Crippen LogP contribution in [0.4, 0.5) is 4.79 Å². The first-order valence-electron chi connectivity index (χ1n) is 9.63. The smallest absolute Gasteiger partial charge is 0.315 e. The summed E-state index contributed by atoms with van der Waals surface area (Å²) in [6, 6.07) is 20.5. The van der Waals surface area contributed by atoms with Crippen molar-refractivity contribution in [3.63, 3.8) is 0 Å². The molecule has 0 fully saturated rings. The molecule has 3 aromatic rings. The number of amides is 2. The Morgan fingerprint density at radius 3 is 2.41 bits per heavy atom. The lowest BCUT2D eigenvalue weighted by Gasteiger charge is -2.19. The highest BCUT2D eigenvalue weighted by atomic mass is 16.3. The quantitative estimate of drug-likeness (QED) is 0.520. The Balaban J connectivity index is 1.55. The third kappa shape index (κ3) is 6.20. The second kappa shape index (κ2) is 10.5. The zero-order valence-corrected chi connectivity index (χ0v) is 16.5. The Morgan fingerprint density at radius 2 is 1.72 bits per heavy atom. The van der Waals surface area contributed by atoms with E-state index in [0.29, 0.717) is 13.1 Å². The molecule has 3 N–H and O–H groups in total. The van der Waals surface area contributed by atoms with E-state index in [9.17, 15) is 9.90 Å². The number of hydrogen-bond acceptors (Lipinski definition) is 4. The Hall–Kier alpha value is -3.09. The molecule has 1 heterocycles. The van der Waals surface area contributed by atoms with E-state index in [0.717, 1.165) is 29.0 Å². The molecule has 6 nitrogen and oxygen atoms in total. The van der Waals surface area contributed by atoms with Crippen molar-refractivity contribution < 1.29 is 14.3 Å². The Morgan fingerprint density at radius 1 is 1.00 bits per heavy atom. The number of urea groups is 1. The number of aliphatic hydroxyl groups is 1. The van der Waals surface area contributed by atoms with E-state index < -0.39 is 6.04 Å². The molecule has 2 amide bonds. The molecule has 0 radical (unpaired) electrons. The van der Waals surface area contributed by atoms with Gasteiger partial charge in [0.2, 0.25) is 0 Å². The number of furan rings is 1. The van der Waals surface area contributed by atoms with E-state index >= 15 is 0 Å². The van der Waals surface area contributed by atoms with E-state index in [2.05, 4.69) is 21.6 Å². The molecular weight excluding hydrogens is 366 g/mol. The molecule has 1 atom stereocenters. The summed E-state index contributed by atoms with van der Waals surface area (Å²) >= 11 is 0. The highest BCUT2D eigenvalue weighted by molar-refractivity contribution is 5.74. The predicted molar refractivity (Wildman–Crippen MR) is 112 cm³/mol. The fourth-order valence-electron chi connectivity index (χ4n) is 3.20. The average Bonchev–Trinajstić information content (AvgIpc) is 3.25. The first kappa shape index (κ1) is 20.6. The van der Waals surface area contributed by atoms with Crippen LogP contribution in [0.25, 0.3) is 0 Å². The summed E-state index contributed by atoms with van der Waals surface area (Å²) in [7, 11) is 2.03. The van der Waals surface area contributed by atoms with Crippen LogP contribution in [-0.4, -0.2) is 29.7 Å². The van der Waals surface area contributed by atoms with Gasteiger partial charge in [0.1, 0.15) is 5.76 Å². The summed E-state index contributed by atoms with van der Waals surface area (Å²) < 4.78 is 5.41. The molecule has 6 heteroatoms. The first-order valence-corrected chi connectivity index (χ1v) is 9.63. The van der Waals surface area contributed by atoms with Crippen LogP contribution in [0.2, 0.25) is 0 Å². The SMILES string of the molecule is CN(Cc1ccco1)Cc1ccccc1CNC(=O)NC(CO)c1ccccc1. The lowest BCUT2D eigenvalue weighted by Crippen LogP contribution is -2.39. The topological polar surface area (TPSA) is 77.7 Å². The van der Waals surface area contributed by atoms with Gasteiger partial charge in [-0.2, -0.15) is 0 Å². The van der Waals surface area contributed by atoms with E-state index in [1.165, 1.54) is 0 Å². The normalized spacial score (nSPS) is 12.0. The van der Waals surface area contributed by atoms with Crippen molar-refractivity contribution in [3.05, 3.63) is 95.4 Å². The minimum atomic E-state index is -0.439. The molecule has 0 saturated heterocycles. The van der Waals surface area contributed by atoms with Crippen molar-refractivity contribution in [1.82, 2.24) is 15.5 Å². The van der Waals surface area contributed by atoms with E-state index in [-0.39, 0.29) is 12.6 Å². The minimum absolute atomic E-state index is 0.161. The second-order valence-corrected chi connectivity index (χ2v) is 6.99. The van der Waals surface area contributed by atoms with Gasteiger partial charge in [0.25, 0.3) is 0 Å². The number of nitrogens with zero attached hydrogens (tertiary/aromatic N) is 1. The van der Waals surface area contributed by atoms with Crippen molar-refractivity contribution in [2.45, 2.75) is 25.7 Å². The van der Waals surface area contributed by atoms with Gasteiger partial charge in [0, 0.05) is 13.1 Å². The Kier molecular flexibility index (Phi) is 7.44. The molecule has 0 bridgehead atoms. The molecule has 0 saturated carbocycles. The number of nitrogens with one attached hydrogen (secondary N) is 2. The van der Waals surface area contributed by atoms with Crippen molar-refractivity contribution in [1.29, 1.82) is 0 Å². The second-order valence-electron chi connectivity index (χ2n) is 6.99. The van der Waals surface area contributed by atoms with E-state index in [4.69, 9.17) is 4.42 Å². The summed E-state index contributed by atoms with van der Waals surface area (Å²) in [5.41, 5.74) is 3.06. The molecule has 0 aliphatic carbocycles. The fourth-order valence-corrected chi connectivity index (χ4v) is 3.20. The monoisotopic (exact) mass is 393 g/mol. The maximum atomic E-state index is 12.3. The molecule has 3 rings (SSSR count). The van der Waals surface area contributed by atoms with Gasteiger partial charge in [-0.3, -0.25) is 4.90 Å². The molecule has 1 unspecified atom stereocenters. The summed E-state index contributed by atoms with van der Waals surface area (Å²) in [5.74, 6) is 0.915. The zero-order chi connectivity index (χ0) is 20.5. The van der Waals surface area contributed by atoms with Gasteiger partial charge in [0.15, 0.2) is 0 Å². The summed E-state index contributed by atoms with van der Waals surface area (Å²) in [6.07, 6.45) is 1.68. The highest BCUT2D eigenvalue weighted by Crippen LogP contribution is 2.14. The van der Waals surface area contributed by atoms with Gasteiger partial charge in [0.05, 0.1) is 25.5 Å². The minimum Gasteiger partial charge on any atom is -0.468 e. The van der Waals surface area contributed by atoms with E-state index in [1.54, 1.807) is 6.26 Å². The molecule has 0 spiro atoms. The van der Waals surface area contributed by atoms with Crippen molar-refractivity contribution >= 4 is 6.03 Å². The van der Waals surface area contributed by atoms with E-state index in [1.807, 2.05) is 67.7 Å². The number of benzene rings is 2. The van der Waals surface area contributed by atoms with Gasteiger partial charge in [-0.1, -0.05) is 54.6 Å². The van der Waals surface area contributed by atoms with Gasteiger partial charge in [-0.15, -0.1) is 0 Å². The number of carbonyl (C=O) groups is 1.